The lowest BCUT2D eigenvalue weighted by atomic mass is 10.4. The molecule has 0 aliphatic heterocycles. The molecule has 114 valence electrons. The Hall–Kier alpha value is -0.393. The molecule has 0 atom stereocenters. The second-order valence-corrected chi connectivity index (χ2v) is 8.30. The molecule has 5 heteroatoms. The lowest BCUT2D eigenvalue weighted by Crippen LogP contribution is -2.60. The molecule has 0 spiro atoms. The van der Waals surface area contributed by atoms with Gasteiger partial charge in [-0.15, -0.1) is 0 Å². The van der Waals surface area contributed by atoms with Crippen molar-refractivity contribution in [1.82, 2.24) is 0 Å². The summed E-state index contributed by atoms with van der Waals surface area (Å²) in [6.45, 7) is 11.9. The van der Waals surface area contributed by atoms with Crippen LogP contribution < -0.4 is 5.19 Å². The van der Waals surface area contributed by atoms with Gasteiger partial charge in [-0.1, -0.05) is 29.8 Å². The van der Waals surface area contributed by atoms with Crippen molar-refractivity contribution in [2.45, 2.75) is 59.9 Å². The first-order valence-corrected chi connectivity index (χ1v) is 9.15. The molecule has 0 radical (unpaired) electrons. The van der Waals surface area contributed by atoms with Crippen LogP contribution in [0.15, 0.2) is 24.3 Å². The van der Waals surface area contributed by atoms with E-state index in [0.717, 1.165) is 5.19 Å². The third-order valence-electron chi connectivity index (χ3n) is 2.38. The fourth-order valence-electron chi connectivity index (χ4n) is 1.91. The van der Waals surface area contributed by atoms with Gasteiger partial charge < -0.3 is 13.3 Å². The van der Waals surface area contributed by atoms with Gasteiger partial charge in [0.2, 0.25) is 0 Å². The Morgan fingerprint density at radius 2 is 1.20 bits per heavy atom. The molecule has 0 saturated carbocycles. The minimum absolute atomic E-state index is 0.00422. The van der Waals surface area contributed by atoms with Crippen LogP contribution in [0.4, 0.5) is 0 Å². The highest BCUT2D eigenvalue weighted by molar-refractivity contribution is 6.77. The van der Waals surface area contributed by atoms with Crippen LogP contribution in [0.2, 0.25) is 5.02 Å². The van der Waals surface area contributed by atoms with Gasteiger partial charge in [0.1, 0.15) is 0 Å². The Morgan fingerprint density at radius 1 is 0.800 bits per heavy atom. The molecular weight excluding hydrogens is 292 g/mol. The van der Waals surface area contributed by atoms with Gasteiger partial charge in [0.25, 0.3) is 0 Å². The zero-order valence-corrected chi connectivity index (χ0v) is 14.9. The third kappa shape index (κ3) is 4.86. The molecule has 1 aromatic rings. The topological polar surface area (TPSA) is 27.7 Å². The maximum Gasteiger partial charge on any atom is 0.539 e. The molecule has 0 unspecified atom stereocenters. The first kappa shape index (κ1) is 17.7. The average Bonchev–Trinajstić information content (AvgIpc) is 2.26. The molecule has 0 aromatic heterocycles. The van der Waals surface area contributed by atoms with Gasteiger partial charge in [0.05, 0.1) is 0 Å². The van der Waals surface area contributed by atoms with Crippen molar-refractivity contribution in [2.24, 2.45) is 0 Å². The number of rotatable bonds is 7. The standard InChI is InChI=1S/C15H25ClO3Si/c1-11(2)17-20(18-12(3)4,19-13(5)6)15-10-8-7-9-14(15)16/h7-13H,1-6H3. The van der Waals surface area contributed by atoms with Crippen molar-refractivity contribution in [3.63, 3.8) is 0 Å². The van der Waals surface area contributed by atoms with E-state index >= 15 is 0 Å². The number of halogens is 1. The molecule has 0 N–H and O–H groups in total. The van der Waals surface area contributed by atoms with Crippen LogP contribution in [-0.4, -0.2) is 27.1 Å². The van der Waals surface area contributed by atoms with Crippen LogP contribution in [0.1, 0.15) is 41.5 Å². The van der Waals surface area contributed by atoms with E-state index in [9.17, 15) is 0 Å². The molecule has 0 aliphatic rings. The predicted octanol–water partition coefficient (Wildman–Crippen LogP) is 3.76. The van der Waals surface area contributed by atoms with Gasteiger partial charge >= 0.3 is 8.80 Å². The van der Waals surface area contributed by atoms with E-state index in [-0.39, 0.29) is 18.3 Å². The van der Waals surface area contributed by atoms with Crippen LogP contribution in [0, 0.1) is 0 Å². The van der Waals surface area contributed by atoms with E-state index in [0.29, 0.717) is 5.02 Å². The maximum absolute atomic E-state index is 6.35. The average molecular weight is 317 g/mol. The second kappa shape index (κ2) is 7.57. The van der Waals surface area contributed by atoms with Gasteiger partial charge in [0.15, 0.2) is 0 Å². The highest BCUT2D eigenvalue weighted by Gasteiger charge is 2.48. The fourth-order valence-corrected chi connectivity index (χ4v) is 5.48. The van der Waals surface area contributed by atoms with Crippen LogP contribution in [0.3, 0.4) is 0 Å². The van der Waals surface area contributed by atoms with E-state index in [2.05, 4.69) is 0 Å². The van der Waals surface area contributed by atoms with Gasteiger partial charge in [-0.05, 0) is 47.6 Å². The van der Waals surface area contributed by atoms with Crippen LogP contribution in [0.5, 0.6) is 0 Å². The Bertz CT molecular complexity index is 395. The summed E-state index contributed by atoms with van der Waals surface area (Å²) < 4.78 is 18.4. The highest BCUT2D eigenvalue weighted by atomic mass is 35.5. The molecule has 3 nitrogen and oxygen atoms in total. The second-order valence-electron chi connectivity index (χ2n) is 5.54. The minimum Gasteiger partial charge on any atom is -0.367 e. The number of benzene rings is 1. The molecule has 0 fully saturated rings. The zero-order valence-electron chi connectivity index (χ0n) is 13.1. The molecule has 0 heterocycles. The fraction of sp³-hybridized carbons (Fsp3) is 0.600. The minimum atomic E-state index is -3.04. The molecular formula is C15H25ClO3Si. The summed E-state index contributed by atoms with van der Waals surface area (Å²) in [6, 6.07) is 7.60. The lowest BCUT2D eigenvalue weighted by Gasteiger charge is -2.35. The Balaban J connectivity index is 3.30. The first-order chi connectivity index (χ1) is 9.27. The lowest BCUT2D eigenvalue weighted by molar-refractivity contribution is 0.0154. The largest absolute Gasteiger partial charge is 0.539 e. The molecule has 20 heavy (non-hydrogen) atoms. The van der Waals surface area contributed by atoms with E-state index in [1.165, 1.54) is 0 Å². The van der Waals surface area contributed by atoms with Gasteiger partial charge in [-0.3, -0.25) is 0 Å². The van der Waals surface area contributed by atoms with Crippen molar-refractivity contribution < 1.29 is 13.3 Å². The summed E-state index contributed by atoms with van der Waals surface area (Å²) >= 11 is 6.35. The number of hydrogen-bond donors (Lipinski definition) is 0. The Morgan fingerprint density at radius 3 is 1.55 bits per heavy atom. The maximum atomic E-state index is 6.35. The van der Waals surface area contributed by atoms with Gasteiger partial charge in [0, 0.05) is 28.5 Å². The SMILES string of the molecule is CC(C)O[Si](OC(C)C)(OC(C)C)c1ccccc1Cl. The molecule has 0 saturated heterocycles. The zero-order chi connectivity index (χ0) is 15.3. The van der Waals surface area contributed by atoms with Gasteiger partial charge in [-0.2, -0.15) is 0 Å². The summed E-state index contributed by atoms with van der Waals surface area (Å²) in [5, 5.41) is 1.46. The normalized spacial score (nSPS) is 12.7. The summed E-state index contributed by atoms with van der Waals surface area (Å²) in [6.07, 6.45) is -0.0127. The van der Waals surface area contributed by atoms with Crippen LogP contribution >= 0.6 is 11.6 Å². The first-order valence-electron chi connectivity index (χ1n) is 7.05. The molecule has 1 rings (SSSR count). The molecule has 0 amide bonds. The predicted molar refractivity (Wildman–Crippen MR) is 85.5 cm³/mol. The van der Waals surface area contributed by atoms with E-state index < -0.39 is 8.80 Å². The van der Waals surface area contributed by atoms with Gasteiger partial charge in [-0.25, -0.2) is 0 Å². The van der Waals surface area contributed by atoms with E-state index in [1.54, 1.807) is 0 Å². The summed E-state index contributed by atoms with van der Waals surface area (Å²) in [7, 11) is -3.04. The van der Waals surface area contributed by atoms with Crippen molar-refractivity contribution in [1.29, 1.82) is 0 Å². The smallest absolute Gasteiger partial charge is 0.367 e. The Kier molecular flexibility index (Phi) is 6.68. The monoisotopic (exact) mass is 316 g/mol. The Labute approximate surface area is 128 Å². The van der Waals surface area contributed by atoms with Crippen molar-refractivity contribution in [3.05, 3.63) is 29.3 Å². The third-order valence-corrected chi connectivity index (χ3v) is 6.31. The van der Waals surface area contributed by atoms with Crippen molar-refractivity contribution in [2.75, 3.05) is 0 Å². The van der Waals surface area contributed by atoms with E-state index in [1.807, 2.05) is 65.8 Å². The van der Waals surface area contributed by atoms with Crippen LogP contribution in [0.25, 0.3) is 0 Å². The highest BCUT2D eigenvalue weighted by Crippen LogP contribution is 2.21. The van der Waals surface area contributed by atoms with Crippen molar-refractivity contribution >= 4 is 25.6 Å². The van der Waals surface area contributed by atoms with Crippen LogP contribution in [-0.2, 0) is 13.3 Å². The summed E-state index contributed by atoms with van der Waals surface area (Å²) in [5.41, 5.74) is 0. The molecule has 0 aliphatic carbocycles. The van der Waals surface area contributed by atoms with E-state index in [4.69, 9.17) is 24.9 Å². The molecule has 0 bridgehead atoms. The number of hydrogen-bond acceptors (Lipinski definition) is 3. The van der Waals surface area contributed by atoms with Crippen molar-refractivity contribution in [3.8, 4) is 0 Å². The summed E-state index contributed by atoms with van der Waals surface area (Å²) in [4.78, 5) is 0. The summed E-state index contributed by atoms with van der Waals surface area (Å²) in [5.74, 6) is 0. The quantitative estimate of drug-likeness (QED) is 0.717. The molecule has 1 aromatic carbocycles.